The lowest BCUT2D eigenvalue weighted by Crippen LogP contribution is -2.39. The third kappa shape index (κ3) is 5.29. The summed E-state index contributed by atoms with van der Waals surface area (Å²) in [7, 11) is 0. The maximum atomic E-state index is 9.66. The number of nitrogens with zero attached hydrogens (tertiary/aromatic N) is 2. The van der Waals surface area contributed by atoms with E-state index >= 15 is 0 Å². The van der Waals surface area contributed by atoms with Gasteiger partial charge in [0.25, 0.3) is 0 Å². The van der Waals surface area contributed by atoms with Gasteiger partial charge in [0.05, 0.1) is 6.61 Å². The SMILES string of the molecule is CCCc1nc(-c2ccc(Sc3ccc(OCC4(CO)COC(C)=N4)cc3)cc2)co1. The zero-order valence-electron chi connectivity index (χ0n) is 17.7. The number of aliphatic hydroxyl groups is 1. The van der Waals surface area contributed by atoms with E-state index in [2.05, 4.69) is 41.2 Å². The summed E-state index contributed by atoms with van der Waals surface area (Å²) < 4.78 is 16.7. The molecule has 1 aliphatic rings. The molecule has 2 heterocycles. The van der Waals surface area contributed by atoms with E-state index in [-0.39, 0.29) is 13.2 Å². The van der Waals surface area contributed by atoms with Crippen LogP contribution in [0.25, 0.3) is 11.3 Å². The first-order valence-corrected chi connectivity index (χ1v) is 11.2. The topological polar surface area (TPSA) is 77.1 Å². The molecular weight excluding hydrogens is 412 g/mol. The summed E-state index contributed by atoms with van der Waals surface area (Å²) in [6.07, 6.45) is 3.59. The van der Waals surface area contributed by atoms with E-state index < -0.39 is 5.54 Å². The molecule has 1 aromatic heterocycles. The van der Waals surface area contributed by atoms with Crippen molar-refractivity contribution in [1.29, 1.82) is 0 Å². The van der Waals surface area contributed by atoms with Gasteiger partial charge in [0.15, 0.2) is 17.3 Å². The Labute approximate surface area is 186 Å². The average molecular weight is 439 g/mol. The molecule has 1 aliphatic heterocycles. The lowest BCUT2D eigenvalue weighted by atomic mass is 10.1. The van der Waals surface area contributed by atoms with Crippen LogP contribution in [-0.2, 0) is 11.2 Å². The second-order valence-corrected chi connectivity index (χ2v) is 8.71. The van der Waals surface area contributed by atoms with E-state index in [1.807, 2.05) is 24.3 Å². The van der Waals surface area contributed by atoms with Crippen molar-refractivity contribution in [3.8, 4) is 17.0 Å². The van der Waals surface area contributed by atoms with Gasteiger partial charge < -0.3 is 19.0 Å². The number of hydrogen-bond acceptors (Lipinski definition) is 7. The predicted octanol–water partition coefficient (Wildman–Crippen LogP) is 5.00. The van der Waals surface area contributed by atoms with E-state index in [4.69, 9.17) is 13.9 Å². The normalized spacial score (nSPS) is 18.0. The maximum Gasteiger partial charge on any atom is 0.194 e. The molecule has 1 unspecified atom stereocenters. The number of oxazole rings is 1. The van der Waals surface area contributed by atoms with Crippen LogP contribution in [0.1, 0.15) is 26.2 Å². The van der Waals surface area contributed by atoms with Crippen molar-refractivity contribution in [2.24, 2.45) is 4.99 Å². The summed E-state index contributed by atoms with van der Waals surface area (Å²) in [5.74, 6) is 2.10. The largest absolute Gasteiger partial charge is 0.491 e. The molecule has 0 fully saturated rings. The molecule has 4 rings (SSSR count). The average Bonchev–Trinajstić information content (AvgIpc) is 3.41. The Morgan fingerprint density at radius 2 is 1.81 bits per heavy atom. The number of aliphatic imine (C=N–C) groups is 1. The molecule has 0 saturated carbocycles. The Bertz CT molecular complexity index is 1030. The number of ether oxygens (including phenoxy) is 2. The number of hydrogen-bond donors (Lipinski definition) is 1. The maximum absolute atomic E-state index is 9.66. The summed E-state index contributed by atoms with van der Waals surface area (Å²) in [4.78, 5) is 11.2. The van der Waals surface area contributed by atoms with Gasteiger partial charge in [-0.15, -0.1) is 0 Å². The summed E-state index contributed by atoms with van der Waals surface area (Å²) >= 11 is 1.68. The summed E-state index contributed by atoms with van der Waals surface area (Å²) in [5.41, 5.74) is 1.21. The molecule has 31 heavy (non-hydrogen) atoms. The van der Waals surface area contributed by atoms with Crippen molar-refractivity contribution in [3.63, 3.8) is 0 Å². The molecule has 0 radical (unpaired) electrons. The van der Waals surface area contributed by atoms with Crippen LogP contribution >= 0.6 is 11.8 Å². The van der Waals surface area contributed by atoms with Gasteiger partial charge in [0.2, 0.25) is 0 Å². The molecule has 162 valence electrons. The number of aliphatic hydroxyl groups excluding tert-OH is 1. The van der Waals surface area contributed by atoms with Crippen LogP contribution in [0, 0.1) is 0 Å². The Balaban J connectivity index is 1.34. The predicted molar refractivity (Wildman–Crippen MR) is 121 cm³/mol. The third-order valence-corrected chi connectivity index (χ3v) is 5.99. The van der Waals surface area contributed by atoms with Crippen molar-refractivity contribution < 1.29 is 19.0 Å². The van der Waals surface area contributed by atoms with Crippen molar-refractivity contribution >= 4 is 17.7 Å². The highest BCUT2D eigenvalue weighted by Crippen LogP contribution is 2.31. The van der Waals surface area contributed by atoms with Gasteiger partial charge >= 0.3 is 0 Å². The van der Waals surface area contributed by atoms with Crippen LogP contribution in [-0.4, -0.2) is 41.3 Å². The second-order valence-electron chi connectivity index (χ2n) is 7.56. The molecular formula is C24H26N2O4S. The number of aromatic nitrogens is 1. The first kappa shape index (κ1) is 21.5. The molecule has 0 saturated heterocycles. The Morgan fingerprint density at radius 3 is 2.42 bits per heavy atom. The van der Waals surface area contributed by atoms with Gasteiger partial charge in [-0.05, 0) is 42.8 Å². The molecule has 0 spiro atoms. The molecule has 0 aliphatic carbocycles. The van der Waals surface area contributed by atoms with Crippen LogP contribution in [0.3, 0.4) is 0 Å². The van der Waals surface area contributed by atoms with Crippen LogP contribution in [0.2, 0.25) is 0 Å². The second kappa shape index (κ2) is 9.58. The monoisotopic (exact) mass is 438 g/mol. The molecule has 7 heteroatoms. The van der Waals surface area contributed by atoms with Crippen molar-refractivity contribution in [3.05, 3.63) is 60.7 Å². The Morgan fingerprint density at radius 1 is 1.10 bits per heavy atom. The first-order chi connectivity index (χ1) is 15.1. The minimum absolute atomic E-state index is 0.109. The number of benzene rings is 2. The quantitative estimate of drug-likeness (QED) is 0.506. The molecule has 1 N–H and O–H groups in total. The fraction of sp³-hybridized carbons (Fsp3) is 0.333. The van der Waals surface area contributed by atoms with Crippen LogP contribution < -0.4 is 4.74 Å². The molecule has 3 aromatic rings. The highest BCUT2D eigenvalue weighted by atomic mass is 32.2. The molecule has 2 aromatic carbocycles. The van der Waals surface area contributed by atoms with Crippen LogP contribution in [0.4, 0.5) is 0 Å². The summed E-state index contributed by atoms with van der Waals surface area (Å²) in [6.45, 7) is 4.40. The third-order valence-electron chi connectivity index (χ3n) is 4.97. The van der Waals surface area contributed by atoms with Crippen molar-refractivity contribution in [1.82, 2.24) is 4.98 Å². The lowest BCUT2D eigenvalue weighted by molar-refractivity contribution is 0.107. The van der Waals surface area contributed by atoms with Gasteiger partial charge in [-0.2, -0.15) is 0 Å². The Kier molecular flexibility index (Phi) is 6.63. The smallest absolute Gasteiger partial charge is 0.194 e. The highest BCUT2D eigenvalue weighted by molar-refractivity contribution is 7.99. The summed E-state index contributed by atoms with van der Waals surface area (Å²) in [6, 6.07) is 16.2. The van der Waals surface area contributed by atoms with E-state index in [1.165, 1.54) is 0 Å². The zero-order chi connectivity index (χ0) is 21.7. The van der Waals surface area contributed by atoms with Crippen LogP contribution in [0.15, 0.2) is 74.0 Å². The van der Waals surface area contributed by atoms with Crippen molar-refractivity contribution in [2.75, 3.05) is 19.8 Å². The zero-order valence-corrected chi connectivity index (χ0v) is 18.5. The van der Waals surface area contributed by atoms with Gasteiger partial charge in [-0.1, -0.05) is 30.8 Å². The molecule has 1 atom stereocenters. The van der Waals surface area contributed by atoms with Gasteiger partial charge in [0, 0.05) is 28.7 Å². The molecule has 0 bridgehead atoms. The minimum Gasteiger partial charge on any atom is -0.491 e. The van der Waals surface area contributed by atoms with Crippen molar-refractivity contribution in [2.45, 2.75) is 42.0 Å². The van der Waals surface area contributed by atoms with E-state index in [0.29, 0.717) is 12.5 Å². The lowest BCUT2D eigenvalue weighted by Gasteiger charge is -2.21. The number of rotatable bonds is 9. The van der Waals surface area contributed by atoms with E-state index in [0.717, 1.165) is 45.5 Å². The Hall–Kier alpha value is -2.77. The number of aryl methyl sites for hydroxylation is 1. The fourth-order valence-corrected chi connectivity index (χ4v) is 4.08. The van der Waals surface area contributed by atoms with E-state index in [1.54, 1.807) is 24.9 Å². The minimum atomic E-state index is -0.708. The standard InChI is InChI=1S/C24H26N2O4S/c1-3-4-23-25-22(13-28-23)18-5-9-20(10-6-18)31-21-11-7-19(8-12-21)30-16-24(14-27)15-29-17(2)26-24/h5-13,27H,3-4,14-16H2,1-2H3. The van der Waals surface area contributed by atoms with Crippen LogP contribution in [0.5, 0.6) is 5.75 Å². The molecule has 6 nitrogen and oxygen atoms in total. The van der Waals surface area contributed by atoms with Gasteiger partial charge in [0.1, 0.15) is 30.9 Å². The highest BCUT2D eigenvalue weighted by Gasteiger charge is 2.36. The first-order valence-electron chi connectivity index (χ1n) is 10.3. The molecule has 0 amide bonds. The van der Waals surface area contributed by atoms with Gasteiger partial charge in [-0.25, -0.2) is 9.98 Å². The van der Waals surface area contributed by atoms with Gasteiger partial charge in [-0.3, -0.25) is 0 Å². The fourth-order valence-electron chi connectivity index (χ4n) is 3.26. The van der Waals surface area contributed by atoms with E-state index in [9.17, 15) is 5.11 Å². The summed E-state index contributed by atoms with van der Waals surface area (Å²) in [5, 5.41) is 9.66.